The van der Waals surface area contributed by atoms with Gasteiger partial charge >= 0.3 is 0 Å². The van der Waals surface area contributed by atoms with Gasteiger partial charge in [-0.2, -0.15) is 5.10 Å². The van der Waals surface area contributed by atoms with E-state index < -0.39 is 6.04 Å². The normalized spacial score (nSPS) is 22.5. The first kappa shape index (κ1) is 12.1. The van der Waals surface area contributed by atoms with Gasteiger partial charge in [-0.1, -0.05) is 0 Å². The lowest BCUT2D eigenvalue weighted by molar-refractivity contribution is -0.133. The number of carbonyl (C=O) groups is 1. The van der Waals surface area contributed by atoms with Crippen molar-refractivity contribution in [2.24, 2.45) is 5.73 Å². The molecule has 0 aromatic carbocycles. The molecule has 1 amide bonds. The van der Waals surface area contributed by atoms with Gasteiger partial charge in [0.1, 0.15) is 0 Å². The topological polar surface area (TPSA) is 64.2 Å². The Labute approximate surface area is 102 Å². The van der Waals surface area contributed by atoms with Gasteiger partial charge < -0.3 is 10.6 Å². The van der Waals surface area contributed by atoms with E-state index in [1.165, 1.54) is 0 Å². The smallest absolute Gasteiger partial charge is 0.239 e. The highest BCUT2D eigenvalue weighted by molar-refractivity contribution is 5.81. The number of nitrogens with two attached hydrogens (primary N) is 1. The molecule has 0 radical (unpaired) electrons. The minimum absolute atomic E-state index is 0.0404. The van der Waals surface area contributed by atoms with E-state index in [-0.39, 0.29) is 5.91 Å². The lowest BCUT2D eigenvalue weighted by Crippen LogP contribution is -2.47. The zero-order chi connectivity index (χ0) is 12.4. The Balaban J connectivity index is 2.04. The number of aryl methyl sites for hydroxylation is 1. The molecule has 1 fully saturated rings. The Hall–Kier alpha value is -1.36. The Kier molecular flexibility index (Phi) is 3.47. The van der Waals surface area contributed by atoms with Crippen LogP contribution in [0.25, 0.3) is 0 Å². The average molecular weight is 236 g/mol. The van der Waals surface area contributed by atoms with Crippen molar-refractivity contribution in [3.63, 3.8) is 0 Å². The SMILES string of the molecule is Cc1cnn(C2CCCN(C(=O)[C@@H](C)N)C2)c1. The van der Waals surface area contributed by atoms with Crippen molar-refractivity contribution >= 4 is 5.91 Å². The zero-order valence-corrected chi connectivity index (χ0v) is 10.5. The highest BCUT2D eigenvalue weighted by Gasteiger charge is 2.26. The van der Waals surface area contributed by atoms with Crippen molar-refractivity contribution in [3.05, 3.63) is 18.0 Å². The first-order chi connectivity index (χ1) is 8.08. The van der Waals surface area contributed by atoms with Crippen LogP contribution >= 0.6 is 0 Å². The molecule has 5 heteroatoms. The van der Waals surface area contributed by atoms with Gasteiger partial charge in [0.05, 0.1) is 18.3 Å². The molecule has 0 aliphatic carbocycles. The van der Waals surface area contributed by atoms with Gasteiger partial charge in [-0.3, -0.25) is 9.48 Å². The maximum Gasteiger partial charge on any atom is 0.239 e. The van der Waals surface area contributed by atoms with Gasteiger partial charge in [0.25, 0.3) is 0 Å². The number of likely N-dealkylation sites (tertiary alicyclic amines) is 1. The third kappa shape index (κ3) is 2.66. The number of hydrogen-bond acceptors (Lipinski definition) is 3. The molecular weight excluding hydrogens is 216 g/mol. The third-order valence-electron chi connectivity index (χ3n) is 3.20. The molecule has 0 saturated carbocycles. The highest BCUT2D eigenvalue weighted by atomic mass is 16.2. The third-order valence-corrected chi connectivity index (χ3v) is 3.20. The lowest BCUT2D eigenvalue weighted by Gasteiger charge is -2.33. The molecule has 2 heterocycles. The number of piperidine rings is 1. The minimum atomic E-state index is -0.409. The molecule has 1 saturated heterocycles. The summed E-state index contributed by atoms with van der Waals surface area (Å²) in [5, 5.41) is 4.33. The molecule has 1 aliphatic rings. The zero-order valence-electron chi connectivity index (χ0n) is 10.5. The summed E-state index contributed by atoms with van der Waals surface area (Å²) < 4.78 is 1.97. The van der Waals surface area contributed by atoms with Gasteiger partial charge in [-0.15, -0.1) is 0 Å². The molecule has 1 aromatic rings. The van der Waals surface area contributed by atoms with Gasteiger partial charge in [0.2, 0.25) is 5.91 Å². The maximum atomic E-state index is 11.9. The summed E-state index contributed by atoms with van der Waals surface area (Å²) in [5.74, 6) is 0.0404. The second kappa shape index (κ2) is 4.87. The fraction of sp³-hybridized carbons (Fsp3) is 0.667. The van der Waals surface area contributed by atoms with Crippen LogP contribution in [0.15, 0.2) is 12.4 Å². The fourth-order valence-corrected chi connectivity index (χ4v) is 2.29. The van der Waals surface area contributed by atoms with E-state index in [2.05, 4.69) is 5.10 Å². The average Bonchev–Trinajstić information content (AvgIpc) is 2.75. The van der Waals surface area contributed by atoms with Crippen LogP contribution in [0.4, 0.5) is 0 Å². The van der Waals surface area contributed by atoms with Crippen molar-refractivity contribution in [2.45, 2.75) is 38.8 Å². The molecule has 1 unspecified atom stereocenters. The monoisotopic (exact) mass is 236 g/mol. The van der Waals surface area contributed by atoms with E-state index in [9.17, 15) is 4.79 Å². The molecule has 17 heavy (non-hydrogen) atoms. The molecule has 2 rings (SSSR count). The fourth-order valence-electron chi connectivity index (χ4n) is 2.29. The van der Waals surface area contributed by atoms with Crippen molar-refractivity contribution in [3.8, 4) is 0 Å². The first-order valence-electron chi connectivity index (χ1n) is 6.13. The highest BCUT2D eigenvalue weighted by Crippen LogP contribution is 2.21. The van der Waals surface area contributed by atoms with E-state index in [1.807, 2.05) is 28.9 Å². The summed E-state index contributed by atoms with van der Waals surface area (Å²) in [7, 11) is 0. The quantitative estimate of drug-likeness (QED) is 0.822. The summed E-state index contributed by atoms with van der Waals surface area (Å²) in [6.07, 6.45) is 5.97. The number of aromatic nitrogens is 2. The van der Waals surface area contributed by atoms with Crippen molar-refractivity contribution in [2.75, 3.05) is 13.1 Å². The van der Waals surface area contributed by atoms with E-state index >= 15 is 0 Å². The molecule has 2 atom stereocenters. The van der Waals surface area contributed by atoms with Crippen LogP contribution in [-0.2, 0) is 4.79 Å². The Morgan fingerprint density at radius 3 is 3.00 bits per heavy atom. The van der Waals surface area contributed by atoms with E-state index in [0.29, 0.717) is 6.04 Å². The summed E-state index contributed by atoms with van der Waals surface area (Å²) in [6.45, 7) is 5.31. The van der Waals surface area contributed by atoms with Crippen LogP contribution in [0.3, 0.4) is 0 Å². The Morgan fingerprint density at radius 1 is 1.65 bits per heavy atom. The van der Waals surface area contributed by atoms with Crippen LogP contribution in [0.1, 0.15) is 31.4 Å². The van der Waals surface area contributed by atoms with Gasteiger partial charge in [0.15, 0.2) is 0 Å². The molecule has 94 valence electrons. The molecule has 5 nitrogen and oxygen atoms in total. The minimum Gasteiger partial charge on any atom is -0.339 e. The van der Waals surface area contributed by atoms with Crippen molar-refractivity contribution < 1.29 is 4.79 Å². The number of nitrogens with zero attached hydrogens (tertiary/aromatic N) is 3. The largest absolute Gasteiger partial charge is 0.339 e. The predicted molar refractivity (Wildman–Crippen MR) is 65.5 cm³/mol. The van der Waals surface area contributed by atoms with Crippen LogP contribution < -0.4 is 5.73 Å². The molecule has 1 aromatic heterocycles. The summed E-state index contributed by atoms with van der Waals surface area (Å²) in [5.41, 5.74) is 6.79. The molecule has 0 bridgehead atoms. The predicted octanol–water partition coefficient (Wildman–Crippen LogP) is 0.702. The van der Waals surface area contributed by atoms with Crippen LogP contribution in [0.5, 0.6) is 0 Å². The second-order valence-corrected chi connectivity index (χ2v) is 4.87. The number of amides is 1. The second-order valence-electron chi connectivity index (χ2n) is 4.87. The van der Waals surface area contributed by atoms with Gasteiger partial charge in [0, 0.05) is 19.3 Å². The lowest BCUT2D eigenvalue weighted by atomic mass is 10.1. The standard InChI is InChI=1S/C12H20N4O/c1-9-6-14-16(7-9)11-4-3-5-15(8-11)12(17)10(2)13/h6-7,10-11H,3-5,8,13H2,1-2H3/t10-,11?/m1/s1. The first-order valence-corrected chi connectivity index (χ1v) is 6.13. The van der Waals surface area contributed by atoms with E-state index in [4.69, 9.17) is 5.73 Å². The summed E-state index contributed by atoms with van der Waals surface area (Å²) >= 11 is 0. The van der Waals surface area contributed by atoms with Gasteiger partial charge in [-0.25, -0.2) is 0 Å². The molecule has 0 spiro atoms. The maximum absolute atomic E-state index is 11.9. The summed E-state index contributed by atoms with van der Waals surface area (Å²) in [6, 6.07) is -0.117. The van der Waals surface area contributed by atoms with Crippen LogP contribution in [-0.4, -0.2) is 39.7 Å². The van der Waals surface area contributed by atoms with E-state index in [1.54, 1.807) is 6.92 Å². The molecule has 2 N–H and O–H groups in total. The van der Waals surface area contributed by atoms with Crippen molar-refractivity contribution in [1.29, 1.82) is 0 Å². The number of hydrogen-bond donors (Lipinski definition) is 1. The summed E-state index contributed by atoms with van der Waals surface area (Å²) in [4.78, 5) is 13.7. The van der Waals surface area contributed by atoms with Crippen molar-refractivity contribution in [1.82, 2.24) is 14.7 Å². The van der Waals surface area contributed by atoms with Crippen LogP contribution in [0, 0.1) is 6.92 Å². The molecule has 1 aliphatic heterocycles. The van der Waals surface area contributed by atoms with Crippen LogP contribution in [0.2, 0.25) is 0 Å². The Morgan fingerprint density at radius 2 is 2.41 bits per heavy atom. The molecular formula is C12H20N4O. The van der Waals surface area contributed by atoms with Gasteiger partial charge in [-0.05, 0) is 32.3 Å². The Bertz CT molecular complexity index is 399. The van der Waals surface area contributed by atoms with E-state index in [0.717, 1.165) is 31.5 Å². The number of carbonyl (C=O) groups excluding carboxylic acids is 1. The number of rotatable bonds is 2.